The minimum Gasteiger partial charge on any atom is -0.378 e. The number of carbonyl (C=O) groups is 2. The molecule has 0 bridgehead atoms. The van der Waals surface area contributed by atoms with E-state index in [1.807, 2.05) is 59.8 Å². The third kappa shape index (κ3) is 5.51. The first-order chi connectivity index (χ1) is 16.1. The molecule has 0 aliphatic carbocycles. The highest BCUT2D eigenvalue weighted by molar-refractivity contribution is 7.09. The number of hydrogen-bond acceptors (Lipinski definition) is 5. The summed E-state index contributed by atoms with van der Waals surface area (Å²) in [5, 5.41) is 2.71. The van der Waals surface area contributed by atoms with Gasteiger partial charge in [-0.05, 0) is 37.1 Å². The zero-order valence-corrected chi connectivity index (χ0v) is 20.0. The fourth-order valence-corrected chi connectivity index (χ4v) is 4.77. The SMILES string of the molecule is CCCN(Cc1cccn1Cc1nc(C(=O)N2CCOCC2)cs1)C(=O)c1ccccc1C. The lowest BCUT2D eigenvalue weighted by Crippen LogP contribution is -2.40. The Morgan fingerprint density at radius 2 is 1.94 bits per heavy atom. The van der Waals surface area contributed by atoms with Crippen LogP contribution in [0.3, 0.4) is 0 Å². The predicted octanol–water partition coefficient (Wildman–Crippen LogP) is 3.83. The Morgan fingerprint density at radius 1 is 1.15 bits per heavy atom. The summed E-state index contributed by atoms with van der Waals surface area (Å²) in [6.07, 6.45) is 2.89. The van der Waals surface area contributed by atoms with Gasteiger partial charge in [-0.15, -0.1) is 11.3 Å². The number of rotatable bonds is 8. The van der Waals surface area contributed by atoms with Crippen molar-refractivity contribution in [2.75, 3.05) is 32.8 Å². The van der Waals surface area contributed by atoms with Gasteiger partial charge in [-0.2, -0.15) is 0 Å². The maximum Gasteiger partial charge on any atom is 0.273 e. The van der Waals surface area contributed by atoms with Crippen LogP contribution in [0, 0.1) is 6.92 Å². The Labute approximate surface area is 198 Å². The van der Waals surface area contributed by atoms with Gasteiger partial charge in [0.1, 0.15) is 10.7 Å². The Morgan fingerprint density at radius 3 is 2.70 bits per heavy atom. The summed E-state index contributed by atoms with van der Waals surface area (Å²) in [5.74, 6) is 0.0156. The van der Waals surface area contributed by atoms with Crippen molar-refractivity contribution in [3.63, 3.8) is 0 Å². The van der Waals surface area contributed by atoms with Crippen LogP contribution in [0.2, 0.25) is 0 Å². The highest BCUT2D eigenvalue weighted by Gasteiger charge is 2.22. The number of hydrogen-bond donors (Lipinski definition) is 0. The Balaban J connectivity index is 1.46. The molecule has 2 amide bonds. The molecule has 7 nitrogen and oxygen atoms in total. The molecule has 1 fully saturated rings. The van der Waals surface area contributed by atoms with Gasteiger partial charge in [0.2, 0.25) is 0 Å². The number of benzene rings is 1. The summed E-state index contributed by atoms with van der Waals surface area (Å²) in [6, 6.07) is 11.8. The normalized spacial score (nSPS) is 13.8. The zero-order valence-electron chi connectivity index (χ0n) is 19.2. The first-order valence-corrected chi connectivity index (χ1v) is 12.2. The lowest BCUT2D eigenvalue weighted by Gasteiger charge is -2.26. The average Bonchev–Trinajstić information content (AvgIpc) is 3.49. The predicted molar refractivity (Wildman–Crippen MR) is 129 cm³/mol. The molecule has 8 heteroatoms. The molecule has 3 aromatic rings. The van der Waals surface area contributed by atoms with Gasteiger partial charge in [-0.3, -0.25) is 9.59 Å². The van der Waals surface area contributed by atoms with E-state index >= 15 is 0 Å². The minimum absolute atomic E-state index is 0.0357. The Hall–Kier alpha value is -2.97. The van der Waals surface area contributed by atoms with Crippen LogP contribution in [0.25, 0.3) is 0 Å². The van der Waals surface area contributed by atoms with Gasteiger partial charge < -0.3 is 19.1 Å². The van der Waals surface area contributed by atoms with E-state index in [2.05, 4.69) is 16.5 Å². The van der Waals surface area contributed by atoms with Crippen molar-refractivity contribution in [3.8, 4) is 0 Å². The van der Waals surface area contributed by atoms with E-state index < -0.39 is 0 Å². The Kier molecular flexibility index (Phi) is 7.57. The Bertz CT molecular complexity index is 1100. The molecular formula is C25H30N4O3S. The molecule has 4 rings (SSSR count). The molecule has 0 saturated carbocycles. The van der Waals surface area contributed by atoms with Gasteiger partial charge in [0, 0.05) is 42.5 Å². The van der Waals surface area contributed by atoms with Gasteiger partial charge >= 0.3 is 0 Å². The van der Waals surface area contributed by atoms with Crippen LogP contribution in [0.4, 0.5) is 0 Å². The number of ether oxygens (including phenoxy) is 1. The van der Waals surface area contributed by atoms with Gasteiger partial charge in [-0.1, -0.05) is 25.1 Å². The van der Waals surface area contributed by atoms with Crippen molar-refractivity contribution in [3.05, 3.63) is 75.5 Å². The van der Waals surface area contributed by atoms with Gasteiger partial charge in [0.05, 0.1) is 26.3 Å². The minimum atomic E-state index is -0.0357. The van der Waals surface area contributed by atoms with Crippen LogP contribution in [0.5, 0.6) is 0 Å². The second-order valence-electron chi connectivity index (χ2n) is 8.20. The third-order valence-corrected chi connectivity index (χ3v) is 6.64. The summed E-state index contributed by atoms with van der Waals surface area (Å²) in [7, 11) is 0. The number of aryl methyl sites for hydroxylation is 1. The van der Waals surface area contributed by atoms with E-state index in [1.54, 1.807) is 4.90 Å². The molecule has 1 aromatic carbocycles. The quantitative estimate of drug-likeness (QED) is 0.506. The number of amides is 2. The summed E-state index contributed by atoms with van der Waals surface area (Å²) < 4.78 is 7.44. The summed E-state index contributed by atoms with van der Waals surface area (Å²) in [6.45, 7) is 8.20. The van der Waals surface area contributed by atoms with Crippen molar-refractivity contribution in [1.82, 2.24) is 19.4 Å². The zero-order chi connectivity index (χ0) is 23.2. The van der Waals surface area contributed by atoms with Crippen LogP contribution < -0.4 is 0 Å². The number of morpholine rings is 1. The maximum atomic E-state index is 13.2. The fourth-order valence-electron chi connectivity index (χ4n) is 4.00. The summed E-state index contributed by atoms with van der Waals surface area (Å²) >= 11 is 1.49. The molecule has 0 radical (unpaired) electrons. The van der Waals surface area contributed by atoms with Crippen molar-refractivity contribution >= 4 is 23.2 Å². The molecule has 1 aliphatic heterocycles. The largest absolute Gasteiger partial charge is 0.378 e. The summed E-state index contributed by atoms with van der Waals surface area (Å²) in [4.78, 5) is 34.2. The van der Waals surface area contributed by atoms with Crippen molar-refractivity contribution in [1.29, 1.82) is 0 Å². The monoisotopic (exact) mass is 466 g/mol. The number of nitrogens with zero attached hydrogens (tertiary/aromatic N) is 4. The highest BCUT2D eigenvalue weighted by atomic mass is 32.1. The summed E-state index contributed by atoms with van der Waals surface area (Å²) in [5.41, 5.74) is 3.27. The van der Waals surface area contributed by atoms with Crippen LogP contribution >= 0.6 is 11.3 Å². The van der Waals surface area contributed by atoms with Crippen molar-refractivity contribution in [2.24, 2.45) is 0 Å². The molecule has 0 spiro atoms. The fraction of sp³-hybridized carbons (Fsp3) is 0.400. The van der Waals surface area contributed by atoms with Gasteiger partial charge in [-0.25, -0.2) is 4.98 Å². The average molecular weight is 467 g/mol. The molecule has 1 saturated heterocycles. The van der Waals surface area contributed by atoms with Crippen LogP contribution in [-0.4, -0.2) is 64.0 Å². The molecule has 3 heterocycles. The number of carbonyl (C=O) groups excluding carboxylic acids is 2. The van der Waals surface area contributed by atoms with Crippen molar-refractivity contribution in [2.45, 2.75) is 33.4 Å². The second kappa shape index (κ2) is 10.8. The molecule has 33 heavy (non-hydrogen) atoms. The molecular weight excluding hydrogens is 436 g/mol. The third-order valence-electron chi connectivity index (χ3n) is 5.81. The standard InChI is InChI=1S/C25H30N4O3S/c1-3-10-29(24(30)21-9-5-4-7-19(21)2)16-20-8-6-11-28(20)17-23-26-22(18-33-23)25(31)27-12-14-32-15-13-27/h4-9,11,18H,3,10,12-17H2,1-2H3. The van der Waals surface area contributed by atoms with E-state index in [-0.39, 0.29) is 11.8 Å². The molecule has 174 valence electrons. The van der Waals surface area contributed by atoms with E-state index in [9.17, 15) is 9.59 Å². The molecule has 0 N–H and O–H groups in total. The lowest BCUT2D eigenvalue weighted by molar-refractivity contribution is 0.0299. The smallest absolute Gasteiger partial charge is 0.273 e. The lowest BCUT2D eigenvalue weighted by atomic mass is 10.1. The highest BCUT2D eigenvalue weighted by Crippen LogP contribution is 2.18. The first kappa shape index (κ1) is 23.2. The molecule has 0 unspecified atom stereocenters. The van der Waals surface area contributed by atoms with Crippen molar-refractivity contribution < 1.29 is 14.3 Å². The van der Waals surface area contributed by atoms with Crippen LogP contribution in [-0.2, 0) is 17.8 Å². The van der Waals surface area contributed by atoms with Crippen LogP contribution in [0.1, 0.15) is 50.5 Å². The number of aromatic nitrogens is 2. The molecule has 0 atom stereocenters. The maximum absolute atomic E-state index is 13.2. The van der Waals surface area contributed by atoms with E-state index in [0.29, 0.717) is 51.6 Å². The van der Waals surface area contributed by atoms with E-state index in [0.717, 1.165) is 28.2 Å². The molecule has 1 aliphatic rings. The number of thiazole rings is 1. The van der Waals surface area contributed by atoms with E-state index in [4.69, 9.17) is 4.74 Å². The van der Waals surface area contributed by atoms with Gasteiger partial charge in [0.25, 0.3) is 11.8 Å². The first-order valence-electron chi connectivity index (χ1n) is 11.4. The topological polar surface area (TPSA) is 67.7 Å². The van der Waals surface area contributed by atoms with Crippen LogP contribution in [0.15, 0.2) is 48.0 Å². The van der Waals surface area contributed by atoms with E-state index in [1.165, 1.54) is 11.3 Å². The molecule has 2 aromatic heterocycles. The second-order valence-corrected chi connectivity index (χ2v) is 9.14. The van der Waals surface area contributed by atoms with Gasteiger partial charge in [0.15, 0.2) is 0 Å².